The van der Waals surface area contributed by atoms with E-state index in [9.17, 15) is 0 Å². The SMILES string of the molecule is COc1cc(C)c(C)cc1C(N)CC1CC1. The summed E-state index contributed by atoms with van der Waals surface area (Å²) in [5, 5.41) is 0. The summed E-state index contributed by atoms with van der Waals surface area (Å²) in [6, 6.07) is 4.40. The molecule has 1 aliphatic rings. The smallest absolute Gasteiger partial charge is 0.123 e. The quantitative estimate of drug-likeness (QED) is 0.844. The molecule has 0 spiro atoms. The second-order valence-corrected chi connectivity index (χ2v) is 4.96. The Labute approximate surface area is 97.8 Å². The molecule has 1 aromatic carbocycles. The first-order valence-electron chi connectivity index (χ1n) is 6.02. The predicted octanol–water partition coefficient (Wildman–Crippen LogP) is 3.11. The Morgan fingerprint density at radius 3 is 2.50 bits per heavy atom. The van der Waals surface area contributed by atoms with Crippen LogP contribution in [0.1, 0.15) is 42.0 Å². The average molecular weight is 219 g/mol. The summed E-state index contributed by atoms with van der Waals surface area (Å²) in [5.41, 5.74) is 9.97. The third kappa shape index (κ3) is 2.38. The van der Waals surface area contributed by atoms with Crippen LogP contribution in [0.4, 0.5) is 0 Å². The molecular weight excluding hydrogens is 198 g/mol. The Morgan fingerprint density at radius 1 is 1.31 bits per heavy atom. The van der Waals surface area contributed by atoms with Gasteiger partial charge in [-0.05, 0) is 43.4 Å². The van der Waals surface area contributed by atoms with Crippen molar-refractivity contribution in [2.45, 2.75) is 39.2 Å². The number of hydrogen-bond acceptors (Lipinski definition) is 2. The van der Waals surface area contributed by atoms with Crippen LogP contribution in [0, 0.1) is 19.8 Å². The summed E-state index contributed by atoms with van der Waals surface area (Å²) in [6.45, 7) is 4.23. The normalized spacial score (nSPS) is 17.2. The Bertz CT molecular complexity index is 383. The molecule has 2 nitrogen and oxygen atoms in total. The van der Waals surface area contributed by atoms with Gasteiger partial charge in [-0.15, -0.1) is 0 Å². The molecule has 1 fully saturated rings. The summed E-state index contributed by atoms with van der Waals surface area (Å²) in [4.78, 5) is 0. The fraction of sp³-hybridized carbons (Fsp3) is 0.571. The summed E-state index contributed by atoms with van der Waals surface area (Å²) < 4.78 is 5.42. The molecule has 88 valence electrons. The van der Waals surface area contributed by atoms with Gasteiger partial charge in [0.2, 0.25) is 0 Å². The lowest BCUT2D eigenvalue weighted by Gasteiger charge is -2.17. The highest BCUT2D eigenvalue weighted by molar-refractivity contribution is 5.43. The highest BCUT2D eigenvalue weighted by atomic mass is 16.5. The number of ether oxygens (including phenoxy) is 1. The molecule has 2 rings (SSSR count). The number of benzene rings is 1. The van der Waals surface area contributed by atoms with Crippen molar-refractivity contribution in [3.8, 4) is 5.75 Å². The molecule has 0 amide bonds. The molecule has 0 aromatic heterocycles. The van der Waals surface area contributed by atoms with Gasteiger partial charge >= 0.3 is 0 Å². The molecule has 1 aliphatic carbocycles. The Hall–Kier alpha value is -1.02. The molecule has 2 N–H and O–H groups in total. The van der Waals surface area contributed by atoms with E-state index in [4.69, 9.17) is 10.5 Å². The molecule has 0 saturated heterocycles. The summed E-state index contributed by atoms with van der Waals surface area (Å²) in [6.07, 6.45) is 3.79. The number of nitrogens with two attached hydrogens (primary N) is 1. The Morgan fingerprint density at radius 2 is 1.94 bits per heavy atom. The van der Waals surface area contributed by atoms with Crippen molar-refractivity contribution in [3.05, 3.63) is 28.8 Å². The van der Waals surface area contributed by atoms with Crippen molar-refractivity contribution in [2.75, 3.05) is 7.11 Å². The van der Waals surface area contributed by atoms with E-state index in [2.05, 4.69) is 26.0 Å². The molecule has 0 aliphatic heterocycles. The maximum atomic E-state index is 6.25. The van der Waals surface area contributed by atoms with E-state index in [1.807, 2.05) is 0 Å². The molecule has 1 unspecified atom stereocenters. The van der Waals surface area contributed by atoms with E-state index in [1.54, 1.807) is 7.11 Å². The largest absolute Gasteiger partial charge is 0.496 e. The fourth-order valence-electron chi connectivity index (χ4n) is 2.12. The molecule has 0 bridgehead atoms. The Kier molecular flexibility index (Phi) is 3.20. The average Bonchev–Trinajstić information content (AvgIpc) is 3.05. The lowest BCUT2D eigenvalue weighted by atomic mass is 9.97. The van der Waals surface area contributed by atoms with Gasteiger partial charge in [0.1, 0.15) is 5.75 Å². The summed E-state index contributed by atoms with van der Waals surface area (Å²) >= 11 is 0. The van der Waals surface area contributed by atoms with Crippen LogP contribution in [0.15, 0.2) is 12.1 Å². The van der Waals surface area contributed by atoms with Crippen LogP contribution in [0.25, 0.3) is 0 Å². The van der Waals surface area contributed by atoms with E-state index in [0.717, 1.165) is 23.7 Å². The van der Waals surface area contributed by atoms with E-state index in [1.165, 1.54) is 24.0 Å². The third-order valence-corrected chi connectivity index (χ3v) is 3.53. The van der Waals surface area contributed by atoms with Crippen LogP contribution in [0.3, 0.4) is 0 Å². The van der Waals surface area contributed by atoms with Crippen molar-refractivity contribution < 1.29 is 4.74 Å². The van der Waals surface area contributed by atoms with Crippen LogP contribution in [0.2, 0.25) is 0 Å². The van der Waals surface area contributed by atoms with Crippen LogP contribution in [-0.4, -0.2) is 7.11 Å². The number of aryl methyl sites for hydroxylation is 2. The van der Waals surface area contributed by atoms with Crippen LogP contribution in [0.5, 0.6) is 5.75 Å². The van der Waals surface area contributed by atoms with Gasteiger partial charge in [0, 0.05) is 11.6 Å². The standard InChI is InChI=1S/C14H21NO/c1-9-6-12(13(15)8-11-4-5-11)14(16-3)7-10(9)2/h6-7,11,13H,4-5,8,15H2,1-3H3. The van der Waals surface area contributed by atoms with Gasteiger partial charge in [0.25, 0.3) is 0 Å². The highest BCUT2D eigenvalue weighted by Gasteiger charge is 2.25. The third-order valence-electron chi connectivity index (χ3n) is 3.53. The van der Waals surface area contributed by atoms with Gasteiger partial charge in [-0.25, -0.2) is 0 Å². The van der Waals surface area contributed by atoms with E-state index in [-0.39, 0.29) is 6.04 Å². The zero-order chi connectivity index (χ0) is 11.7. The van der Waals surface area contributed by atoms with Crippen LogP contribution in [-0.2, 0) is 0 Å². The lowest BCUT2D eigenvalue weighted by Crippen LogP contribution is -2.13. The maximum Gasteiger partial charge on any atom is 0.123 e. The van der Waals surface area contributed by atoms with E-state index < -0.39 is 0 Å². The minimum Gasteiger partial charge on any atom is -0.496 e. The molecule has 1 atom stereocenters. The topological polar surface area (TPSA) is 35.2 Å². The van der Waals surface area contributed by atoms with Crippen molar-refractivity contribution in [1.82, 2.24) is 0 Å². The Balaban J connectivity index is 2.25. The molecular formula is C14H21NO. The first-order valence-corrected chi connectivity index (χ1v) is 6.02. The number of hydrogen-bond donors (Lipinski definition) is 1. The zero-order valence-electron chi connectivity index (χ0n) is 10.4. The van der Waals surface area contributed by atoms with E-state index >= 15 is 0 Å². The number of methoxy groups -OCH3 is 1. The van der Waals surface area contributed by atoms with Crippen molar-refractivity contribution in [1.29, 1.82) is 0 Å². The van der Waals surface area contributed by atoms with Gasteiger partial charge in [0.15, 0.2) is 0 Å². The fourth-order valence-corrected chi connectivity index (χ4v) is 2.12. The highest BCUT2D eigenvalue weighted by Crippen LogP contribution is 2.39. The summed E-state index contributed by atoms with van der Waals surface area (Å²) in [7, 11) is 1.72. The minimum absolute atomic E-state index is 0.127. The molecule has 16 heavy (non-hydrogen) atoms. The number of rotatable bonds is 4. The van der Waals surface area contributed by atoms with Gasteiger partial charge in [-0.3, -0.25) is 0 Å². The molecule has 1 aromatic rings. The first kappa shape index (κ1) is 11.5. The molecule has 0 heterocycles. The van der Waals surface area contributed by atoms with Gasteiger partial charge in [-0.2, -0.15) is 0 Å². The monoisotopic (exact) mass is 219 g/mol. The van der Waals surface area contributed by atoms with E-state index in [0.29, 0.717) is 0 Å². The van der Waals surface area contributed by atoms with Crippen molar-refractivity contribution in [2.24, 2.45) is 11.7 Å². The second-order valence-electron chi connectivity index (χ2n) is 4.96. The first-order chi connectivity index (χ1) is 7.61. The van der Waals surface area contributed by atoms with Gasteiger partial charge in [-0.1, -0.05) is 18.9 Å². The second kappa shape index (κ2) is 4.46. The maximum absolute atomic E-state index is 6.25. The van der Waals surface area contributed by atoms with Crippen LogP contribution < -0.4 is 10.5 Å². The van der Waals surface area contributed by atoms with Gasteiger partial charge < -0.3 is 10.5 Å². The zero-order valence-corrected chi connectivity index (χ0v) is 10.4. The molecule has 0 radical (unpaired) electrons. The van der Waals surface area contributed by atoms with Crippen molar-refractivity contribution in [3.63, 3.8) is 0 Å². The predicted molar refractivity (Wildman–Crippen MR) is 66.7 cm³/mol. The van der Waals surface area contributed by atoms with Crippen molar-refractivity contribution >= 4 is 0 Å². The van der Waals surface area contributed by atoms with Gasteiger partial charge in [0.05, 0.1) is 7.11 Å². The summed E-state index contributed by atoms with van der Waals surface area (Å²) in [5.74, 6) is 1.79. The van der Waals surface area contributed by atoms with Crippen LogP contribution >= 0.6 is 0 Å². The minimum atomic E-state index is 0.127. The molecule has 2 heteroatoms. The molecule has 1 saturated carbocycles. The lowest BCUT2D eigenvalue weighted by molar-refractivity contribution is 0.402.